The Labute approximate surface area is 133 Å². The zero-order valence-electron chi connectivity index (χ0n) is 11.9. The molecule has 2 rings (SSSR count). The van der Waals surface area contributed by atoms with Crippen LogP contribution < -0.4 is 11.1 Å². The molecule has 112 valence electrons. The Morgan fingerprint density at radius 2 is 2.05 bits per heavy atom. The van der Waals surface area contributed by atoms with Gasteiger partial charge in [0.1, 0.15) is 6.04 Å². The monoisotopic (exact) mass is 326 g/mol. The maximum Gasteiger partial charge on any atom is 0.248 e. The van der Waals surface area contributed by atoms with Gasteiger partial charge < -0.3 is 11.1 Å². The maximum absolute atomic E-state index is 12.3. The third-order valence-corrected chi connectivity index (χ3v) is 4.09. The van der Waals surface area contributed by atoms with Crippen molar-refractivity contribution >= 4 is 40.5 Å². The quantitative estimate of drug-likeness (QED) is 0.846. The number of halogens is 2. The molecule has 0 fully saturated rings. The van der Waals surface area contributed by atoms with Crippen molar-refractivity contribution in [2.45, 2.75) is 26.8 Å². The molecule has 0 saturated carbocycles. The molecule has 5 nitrogen and oxygen atoms in total. The topological polar surface area (TPSA) is 72.9 Å². The van der Waals surface area contributed by atoms with Crippen LogP contribution in [0.15, 0.2) is 18.2 Å². The number of carbonyl (C=O) groups is 1. The van der Waals surface area contributed by atoms with Gasteiger partial charge in [0, 0.05) is 5.69 Å². The minimum Gasteiger partial charge on any atom is -0.399 e. The first kappa shape index (κ1) is 15.7. The molecule has 0 saturated heterocycles. The fourth-order valence-corrected chi connectivity index (χ4v) is 2.36. The predicted molar refractivity (Wildman–Crippen MR) is 85.9 cm³/mol. The van der Waals surface area contributed by atoms with Crippen molar-refractivity contribution in [2.24, 2.45) is 0 Å². The number of nitrogens with zero attached hydrogens (tertiary/aromatic N) is 2. The van der Waals surface area contributed by atoms with E-state index in [9.17, 15) is 4.79 Å². The number of nitrogen functional groups attached to an aromatic ring is 1. The molecule has 7 heteroatoms. The highest BCUT2D eigenvalue weighted by Gasteiger charge is 2.21. The van der Waals surface area contributed by atoms with Crippen LogP contribution in [0.5, 0.6) is 0 Å². The summed E-state index contributed by atoms with van der Waals surface area (Å²) < 4.78 is 1.60. The number of carbonyl (C=O) groups excluding carboxylic acids is 1. The van der Waals surface area contributed by atoms with E-state index in [4.69, 9.17) is 28.9 Å². The van der Waals surface area contributed by atoms with Crippen molar-refractivity contribution in [2.75, 3.05) is 11.1 Å². The second kappa shape index (κ2) is 5.95. The number of rotatable bonds is 3. The predicted octanol–water partition coefficient (Wildman–Crippen LogP) is 3.59. The Balaban J connectivity index is 2.21. The molecule has 1 amide bonds. The Hall–Kier alpha value is -1.72. The van der Waals surface area contributed by atoms with E-state index in [2.05, 4.69) is 10.4 Å². The lowest BCUT2D eigenvalue weighted by molar-refractivity contribution is -0.119. The second-order valence-electron chi connectivity index (χ2n) is 4.83. The van der Waals surface area contributed by atoms with Crippen molar-refractivity contribution < 1.29 is 4.79 Å². The number of nitrogens with two attached hydrogens (primary N) is 1. The van der Waals surface area contributed by atoms with Gasteiger partial charge in [-0.15, -0.1) is 0 Å². The van der Waals surface area contributed by atoms with Gasteiger partial charge >= 0.3 is 0 Å². The normalized spacial score (nSPS) is 12.2. The summed E-state index contributed by atoms with van der Waals surface area (Å²) in [6, 6.07) is 4.41. The van der Waals surface area contributed by atoms with Gasteiger partial charge in [0.2, 0.25) is 5.91 Å². The fraction of sp³-hybridized carbons (Fsp3) is 0.286. The molecule has 0 spiro atoms. The molecule has 1 aromatic carbocycles. The van der Waals surface area contributed by atoms with Gasteiger partial charge in [-0.25, -0.2) is 0 Å². The van der Waals surface area contributed by atoms with Crippen LogP contribution in [0.25, 0.3) is 0 Å². The number of nitrogens with one attached hydrogen (secondary N) is 1. The average molecular weight is 327 g/mol. The first-order valence-corrected chi connectivity index (χ1v) is 7.14. The molecule has 21 heavy (non-hydrogen) atoms. The minimum absolute atomic E-state index is 0.232. The van der Waals surface area contributed by atoms with Gasteiger partial charge in [-0.2, -0.15) is 5.10 Å². The van der Waals surface area contributed by atoms with Crippen molar-refractivity contribution in [3.63, 3.8) is 0 Å². The minimum atomic E-state index is -0.509. The highest BCUT2D eigenvalue weighted by molar-refractivity contribution is 6.34. The Morgan fingerprint density at radius 3 is 2.57 bits per heavy atom. The van der Waals surface area contributed by atoms with Gasteiger partial charge in [-0.05, 0) is 39.0 Å². The van der Waals surface area contributed by atoms with Crippen LogP contribution >= 0.6 is 23.2 Å². The molecular weight excluding hydrogens is 311 g/mol. The Bertz CT molecular complexity index is 697. The second-order valence-corrected chi connectivity index (χ2v) is 5.62. The summed E-state index contributed by atoms with van der Waals surface area (Å²) in [6.45, 7) is 5.37. The molecule has 1 unspecified atom stereocenters. The Kier molecular flexibility index (Phi) is 4.44. The molecule has 0 aliphatic heterocycles. The molecule has 0 aliphatic carbocycles. The smallest absolute Gasteiger partial charge is 0.248 e. The van der Waals surface area contributed by atoms with Crippen LogP contribution in [-0.2, 0) is 4.79 Å². The molecule has 3 N–H and O–H groups in total. The number of hydrogen-bond acceptors (Lipinski definition) is 3. The Morgan fingerprint density at radius 1 is 1.38 bits per heavy atom. The number of hydrogen-bond donors (Lipinski definition) is 2. The van der Waals surface area contributed by atoms with Crippen molar-refractivity contribution in [1.29, 1.82) is 0 Å². The van der Waals surface area contributed by atoms with Crippen LogP contribution in [-0.4, -0.2) is 15.7 Å². The number of amides is 1. The van der Waals surface area contributed by atoms with E-state index in [1.54, 1.807) is 36.7 Å². The number of aryl methyl sites for hydroxylation is 1. The highest BCUT2D eigenvalue weighted by atomic mass is 35.5. The van der Waals surface area contributed by atoms with Crippen molar-refractivity contribution in [3.8, 4) is 0 Å². The van der Waals surface area contributed by atoms with E-state index < -0.39 is 6.04 Å². The summed E-state index contributed by atoms with van der Waals surface area (Å²) in [5.74, 6) is -0.232. The van der Waals surface area contributed by atoms with Crippen molar-refractivity contribution in [1.82, 2.24) is 9.78 Å². The molecule has 1 aromatic heterocycles. The number of benzene rings is 1. The molecule has 0 aliphatic rings. The zero-order chi connectivity index (χ0) is 15.7. The standard InChI is InChI=1S/C14H16Cl2N4O/c1-7-13(16)8(2)20(19-7)9(3)14(21)18-12-5-4-10(17)6-11(12)15/h4-6,9H,17H2,1-3H3,(H,18,21). The largest absolute Gasteiger partial charge is 0.399 e. The summed E-state index contributed by atoms with van der Waals surface area (Å²) in [7, 11) is 0. The summed E-state index contributed by atoms with van der Waals surface area (Å²) in [6.07, 6.45) is 0. The zero-order valence-corrected chi connectivity index (χ0v) is 13.5. The van der Waals surface area contributed by atoms with Crippen LogP contribution in [0.3, 0.4) is 0 Å². The maximum atomic E-state index is 12.3. The van der Waals surface area contributed by atoms with E-state index in [-0.39, 0.29) is 5.91 Å². The van der Waals surface area contributed by atoms with Crippen LogP contribution in [0.4, 0.5) is 11.4 Å². The molecule has 2 aromatic rings. The molecular formula is C14H16Cl2N4O. The van der Waals surface area contributed by atoms with Gasteiger partial charge in [-0.1, -0.05) is 23.2 Å². The first-order valence-electron chi connectivity index (χ1n) is 6.38. The molecule has 0 bridgehead atoms. The molecule has 1 heterocycles. The van der Waals surface area contributed by atoms with Gasteiger partial charge in [0.15, 0.2) is 0 Å². The van der Waals surface area contributed by atoms with Gasteiger partial charge in [-0.3, -0.25) is 9.48 Å². The lowest BCUT2D eigenvalue weighted by atomic mass is 10.2. The van der Waals surface area contributed by atoms with Gasteiger partial charge in [0.05, 0.1) is 27.1 Å². The summed E-state index contributed by atoms with van der Waals surface area (Å²) in [5, 5.41) is 8.00. The number of anilines is 2. The van der Waals surface area contributed by atoms with E-state index in [0.29, 0.717) is 27.1 Å². The van der Waals surface area contributed by atoms with E-state index in [1.807, 2.05) is 6.92 Å². The summed E-state index contributed by atoms with van der Waals surface area (Å²) in [5.41, 5.74) is 8.11. The van der Waals surface area contributed by atoms with E-state index in [1.165, 1.54) is 0 Å². The molecule has 1 atom stereocenters. The number of aromatic nitrogens is 2. The summed E-state index contributed by atoms with van der Waals surface area (Å²) in [4.78, 5) is 12.3. The fourth-order valence-electron chi connectivity index (χ4n) is 2.00. The lowest BCUT2D eigenvalue weighted by Gasteiger charge is -2.15. The van der Waals surface area contributed by atoms with Crippen molar-refractivity contribution in [3.05, 3.63) is 39.6 Å². The average Bonchev–Trinajstić information content (AvgIpc) is 2.68. The third kappa shape index (κ3) is 3.14. The first-order chi connectivity index (χ1) is 9.81. The van der Waals surface area contributed by atoms with E-state index in [0.717, 1.165) is 5.69 Å². The summed E-state index contributed by atoms with van der Waals surface area (Å²) >= 11 is 12.1. The highest BCUT2D eigenvalue weighted by Crippen LogP contribution is 2.26. The van der Waals surface area contributed by atoms with Crippen LogP contribution in [0.2, 0.25) is 10.0 Å². The van der Waals surface area contributed by atoms with Crippen LogP contribution in [0.1, 0.15) is 24.4 Å². The van der Waals surface area contributed by atoms with Crippen LogP contribution in [0, 0.1) is 13.8 Å². The molecule has 0 radical (unpaired) electrons. The third-order valence-electron chi connectivity index (χ3n) is 3.23. The SMILES string of the molecule is Cc1nn(C(C)C(=O)Nc2ccc(N)cc2Cl)c(C)c1Cl. The lowest BCUT2D eigenvalue weighted by Crippen LogP contribution is -2.25. The van der Waals surface area contributed by atoms with E-state index >= 15 is 0 Å². The van der Waals surface area contributed by atoms with Gasteiger partial charge in [0.25, 0.3) is 0 Å².